The fraction of sp³-hybridized carbons (Fsp3) is 0.300. The Balaban J connectivity index is 2.89. The van der Waals surface area contributed by atoms with Crippen molar-refractivity contribution >= 4 is 23.3 Å². The average molecular weight is 213 g/mol. The van der Waals surface area contributed by atoms with Crippen molar-refractivity contribution in [2.24, 2.45) is 4.99 Å². The summed E-state index contributed by atoms with van der Waals surface area (Å²) < 4.78 is 5.09. The number of anilines is 1. The fourth-order valence-corrected chi connectivity index (χ4v) is 1.28. The van der Waals surface area contributed by atoms with Gasteiger partial charge in [-0.1, -0.05) is 11.6 Å². The Kier molecular flexibility index (Phi) is 3.77. The molecule has 1 aromatic rings. The van der Waals surface area contributed by atoms with E-state index in [2.05, 4.69) is 4.99 Å². The number of hydrogen-bond donors (Lipinski definition) is 0. The van der Waals surface area contributed by atoms with Gasteiger partial charge in [-0.3, -0.25) is 4.90 Å². The van der Waals surface area contributed by atoms with Crippen LogP contribution in [0.3, 0.4) is 0 Å². The van der Waals surface area contributed by atoms with Gasteiger partial charge in [0.15, 0.2) is 0 Å². The van der Waals surface area contributed by atoms with Crippen molar-refractivity contribution in [2.45, 2.75) is 0 Å². The predicted octanol–water partition coefficient (Wildman–Crippen LogP) is 2.41. The topological polar surface area (TPSA) is 24.8 Å². The molecule has 3 nitrogen and oxygen atoms in total. The molecule has 0 spiro atoms. The third-order valence-corrected chi connectivity index (χ3v) is 2.13. The summed E-state index contributed by atoms with van der Waals surface area (Å²) in [7, 11) is 5.16. The van der Waals surface area contributed by atoms with E-state index in [1.807, 2.05) is 36.2 Å². The van der Waals surface area contributed by atoms with E-state index in [0.717, 1.165) is 10.7 Å². The third-order valence-electron chi connectivity index (χ3n) is 1.87. The van der Waals surface area contributed by atoms with Crippen LogP contribution in [0.5, 0.6) is 0 Å². The maximum atomic E-state index is 5.78. The monoisotopic (exact) mass is 212 g/mol. The minimum atomic E-state index is 0.562. The molecule has 0 N–H and O–H groups in total. The van der Waals surface area contributed by atoms with Gasteiger partial charge >= 0.3 is 0 Å². The van der Waals surface area contributed by atoms with E-state index in [-0.39, 0.29) is 0 Å². The molecule has 0 atom stereocenters. The van der Waals surface area contributed by atoms with E-state index in [9.17, 15) is 0 Å². The van der Waals surface area contributed by atoms with Crippen LogP contribution in [0.4, 0.5) is 5.69 Å². The molecule has 0 bridgehead atoms. The molecule has 0 heterocycles. The molecule has 0 aromatic heterocycles. The van der Waals surface area contributed by atoms with Crippen LogP contribution < -0.4 is 4.90 Å². The molecular formula is C10H13ClN2O. The second-order valence-electron chi connectivity index (χ2n) is 2.75. The molecule has 0 unspecified atom stereocenters. The number of ether oxygens (including phenoxy) is 1. The van der Waals surface area contributed by atoms with Gasteiger partial charge in [0.1, 0.15) is 0 Å². The summed E-state index contributed by atoms with van der Waals surface area (Å²) in [6.07, 6.45) is 0. The van der Waals surface area contributed by atoms with E-state index >= 15 is 0 Å². The van der Waals surface area contributed by atoms with E-state index in [4.69, 9.17) is 16.3 Å². The molecule has 0 aliphatic rings. The van der Waals surface area contributed by atoms with Gasteiger partial charge in [0.05, 0.1) is 7.11 Å². The zero-order chi connectivity index (χ0) is 10.6. The van der Waals surface area contributed by atoms with Gasteiger partial charge < -0.3 is 4.74 Å². The van der Waals surface area contributed by atoms with Crippen molar-refractivity contribution in [3.8, 4) is 0 Å². The summed E-state index contributed by atoms with van der Waals surface area (Å²) in [6, 6.07) is 8.04. The third kappa shape index (κ3) is 2.39. The zero-order valence-electron chi connectivity index (χ0n) is 8.49. The first kappa shape index (κ1) is 10.9. The molecule has 0 amide bonds. The normalized spacial score (nSPS) is 11.3. The van der Waals surface area contributed by atoms with Crippen molar-refractivity contribution in [3.05, 3.63) is 29.3 Å². The molecule has 0 aliphatic heterocycles. The lowest BCUT2D eigenvalue weighted by atomic mass is 10.3. The summed E-state index contributed by atoms with van der Waals surface area (Å²) in [5.41, 5.74) is 0.983. The number of nitrogens with zero attached hydrogens (tertiary/aromatic N) is 2. The molecule has 1 aromatic carbocycles. The lowest BCUT2D eigenvalue weighted by Gasteiger charge is -2.19. The van der Waals surface area contributed by atoms with Gasteiger partial charge in [0.25, 0.3) is 6.02 Å². The highest BCUT2D eigenvalue weighted by molar-refractivity contribution is 6.30. The standard InChI is InChI=1S/C10H13ClN2O/c1-12-10(14-3)13(2)9-6-4-8(11)5-7-9/h4-7H,1-3H3. The lowest BCUT2D eigenvalue weighted by Crippen LogP contribution is -2.27. The zero-order valence-corrected chi connectivity index (χ0v) is 9.25. The van der Waals surface area contributed by atoms with E-state index < -0.39 is 0 Å². The average Bonchev–Trinajstić information content (AvgIpc) is 2.20. The Morgan fingerprint density at radius 3 is 2.36 bits per heavy atom. The smallest absolute Gasteiger partial charge is 0.291 e. The van der Waals surface area contributed by atoms with Gasteiger partial charge in [-0.2, -0.15) is 0 Å². The molecule has 0 saturated heterocycles. The Bertz CT molecular complexity index is 321. The first-order valence-corrected chi connectivity index (χ1v) is 4.57. The van der Waals surface area contributed by atoms with Gasteiger partial charge in [0, 0.05) is 24.8 Å². The number of benzene rings is 1. The molecule has 0 fully saturated rings. The maximum Gasteiger partial charge on any atom is 0.291 e. The highest BCUT2D eigenvalue weighted by Gasteiger charge is 2.07. The van der Waals surface area contributed by atoms with Gasteiger partial charge in [-0.05, 0) is 24.3 Å². The Labute approximate surface area is 89.0 Å². The van der Waals surface area contributed by atoms with Crippen molar-refractivity contribution in [2.75, 3.05) is 26.1 Å². The summed E-state index contributed by atoms with van der Waals surface area (Å²) in [5.74, 6) is 0. The highest BCUT2D eigenvalue weighted by atomic mass is 35.5. The van der Waals surface area contributed by atoms with Crippen molar-refractivity contribution in [3.63, 3.8) is 0 Å². The summed E-state index contributed by atoms with van der Waals surface area (Å²) >= 11 is 5.78. The fourth-order valence-electron chi connectivity index (χ4n) is 1.15. The summed E-state index contributed by atoms with van der Waals surface area (Å²) in [5, 5.41) is 0.717. The Morgan fingerprint density at radius 2 is 1.93 bits per heavy atom. The number of methoxy groups -OCH3 is 1. The lowest BCUT2D eigenvalue weighted by molar-refractivity contribution is 0.392. The molecule has 14 heavy (non-hydrogen) atoms. The highest BCUT2D eigenvalue weighted by Crippen LogP contribution is 2.17. The van der Waals surface area contributed by atoms with E-state index in [1.165, 1.54) is 0 Å². The van der Waals surface area contributed by atoms with Crippen LogP contribution in [-0.4, -0.2) is 27.2 Å². The van der Waals surface area contributed by atoms with Crippen molar-refractivity contribution < 1.29 is 4.74 Å². The van der Waals surface area contributed by atoms with E-state index in [1.54, 1.807) is 14.2 Å². The Hall–Kier alpha value is -1.22. The molecular weight excluding hydrogens is 200 g/mol. The van der Waals surface area contributed by atoms with Crippen LogP contribution >= 0.6 is 11.6 Å². The largest absolute Gasteiger partial charge is 0.468 e. The molecule has 0 aliphatic carbocycles. The van der Waals surface area contributed by atoms with Crippen molar-refractivity contribution in [1.82, 2.24) is 0 Å². The number of halogens is 1. The predicted molar refractivity (Wildman–Crippen MR) is 60.2 cm³/mol. The van der Waals surface area contributed by atoms with Crippen LogP contribution in [0.15, 0.2) is 29.3 Å². The first-order valence-electron chi connectivity index (χ1n) is 4.19. The van der Waals surface area contributed by atoms with Crippen LogP contribution in [0.25, 0.3) is 0 Å². The molecule has 76 valence electrons. The Morgan fingerprint density at radius 1 is 1.36 bits per heavy atom. The van der Waals surface area contributed by atoms with Crippen molar-refractivity contribution in [1.29, 1.82) is 0 Å². The summed E-state index contributed by atoms with van der Waals surface area (Å²) in [4.78, 5) is 5.84. The minimum absolute atomic E-state index is 0.562. The first-order chi connectivity index (χ1) is 6.69. The molecule has 0 radical (unpaired) electrons. The number of aliphatic imine (C=N–C) groups is 1. The van der Waals surface area contributed by atoms with Crippen LogP contribution in [-0.2, 0) is 4.74 Å². The van der Waals surface area contributed by atoms with Gasteiger partial charge in [-0.15, -0.1) is 0 Å². The molecule has 4 heteroatoms. The SMILES string of the molecule is CN=C(OC)N(C)c1ccc(Cl)cc1. The van der Waals surface area contributed by atoms with Crippen LogP contribution in [0, 0.1) is 0 Å². The van der Waals surface area contributed by atoms with Crippen LogP contribution in [0.1, 0.15) is 0 Å². The summed E-state index contributed by atoms with van der Waals surface area (Å²) in [6.45, 7) is 0. The molecule has 1 rings (SSSR count). The second-order valence-corrected chi connectivity index (χ2v) is 3.18. The number of rotatable bonds is 1. The van der Waals surface area contributed by atoms with Gasteiger partial charge in [-0.25, -0.2) is 4.99 Å². The minimum Gasteiger partial charge on any atom is -0.468 e. The van der Waals surface area contributed by atoms with E-state index in [0.29, 0.717) is 6.02 Å². The number of hydrogen-bond acceptors (Lipinski definition) is 2. The van der Waals surface area contributed by atoms with Gasteiger partial charge in [0.2, 0.25) is 0 Å². The second kappa shape index (κ2) is 4.86. The molecule has 0 saturated carbocycles. The quantitative estimate of drug-likeness (QED) is 0.528. The number of amidine groups is 1. The van der Waals surface area contributed by atoms with Crippen LogP contribution in [0.2, 0.25) is 5.02 Å². The maximum absolute atomic E-state index is 5.78.